The highest BCUT2D eigenvalue weighted by Crippen LogP contribution is 2.37. The molecule has 8 heteroatoms. The molecule has 0 N–H and O–H groups in total. The third-order valence-electron chi connectivity index (χ3n) is 1.78. The summed E-state index contributed by atoms with van der Waals surface area (Å²) in [4.78, 5) is 13.0. The van der Waals surface area contributed by atoms with Crippen molar-refractivity contribution < 1.29 is 23.2 Å². The van der Waals surface area contributed by atoms with Crippen molar-refractivity contribution >= 4 is 5.69 Å². The van der Waals surface area contributed by atoms with Gasteiger partial charge in [0.25, 0.3) is 6.43 Å². The van der Waals surface area contributed by atoms with Crippen molar-refractivity contribution in [3.8, 4) is 11.6 Å². The molecule has 0 saturated carbocycles. The Labute approximate surface area is 89.0 Å². The molecule has 0 saturated heterocycles. The SMILES string of the molecule is COc1cc(OC)c([N+](=O)[O-])c(C(F)F)n1. The summed E-state index contributed by atoms with van der Waals surface area (Å²) < 4.78 is 34.4. The van der Waals surface area contributed by atoms with Gasteiger partial charge in [0.1, 0.15) is 0 Å². The van der Waals surface area contributed by atoms with Crippen LogP contribution in [0.2, 0.25) is 0 Å². The number of alkyl halides is 2. The number of ether oxygens (including phenoxy) is 2. The van der Waals surface area contributed by atoms with E-state index in [1.165, 1.54) is 7.11 Å². The highest BCUT2D eigenvalue weighted by Gasteiger charge is 2.30. The molecule has 0 fully saturated rings. The number of hydrogen-bond donors (Lipinski definition) is 0. The van der Waals surface area contributed by atoms with Gasteiger partial charge in [-0.1, -0.05) is 0 Å². The quantitative estimate of drug-likeness (QED) is 0.587. The molecule has 1 aromatic rings. The molecular weight excluding hydrogens is 226 g/mol. The van der Waals surface area contributed by atoms with Gasteiger partial charge in [-0.05, 0) is 0 Å². The molecule has 0 aliphatic heterocycles. The van der Waals surface area contributed by atoms with E-state index in [1.54, 1.807) is 0 Å². The zero-order valence-corrected chi connectivity index (χ0v) is 8.44. The lowest BCUT2D eigenvalue weighted by atomic mass is 10.3. The molecule has 0 spiro atoms. The van der Waals surface area contributed by atoms with Gasteiger partial charge < -0.3 is 9.47 Å². The molecule has 0 atom stereocenters. The monoisotopic (exact) mass is 234 g/mol. The maximum Gasteiger partial charge on any atom is 0.338 e. The standard InChI is InChI=1S/C8H8F2N2O4/c1-15-4-3-5(16-2)11-6(8(9)10)7(4)12(13)14/h3,8H,1-2H3. The van der Waals surface area contributed by atoms with Crippen LogP contribution in [0.3, 0.4) is 0 Å². The Morgan fingerprint density at radius 3 is 2.44 bits per heavy atom. The first-order valence-corrected chi connectivity index (χ1v) is 4.06. The zero-order chi connectivity index (χ0) is 12.3. The van der Waals surface area contributed by atoms with Crippen LogP contribution < -0.4 is 9.47 Å². The fourth-order valence-corrected chi connectivity index (χ4v) is 1.11. The lowest BCUT2D eigenvalue weighted by molar-refractivity contribution is -0.387. The molecule has 16 heavy (non-hydrogen) atoms. The van der Waals surface area contributed by atoms with Crippen LogP contribution in [-0.4, -0.2) is 24.1 Å². The minimum Gasteiger partial charge on any atom is -0.490 e. The predicted molar refractivity (Wildman–Crippen MR) is 49.0 cm³/mol. The number of hydrogen-bond acceptors (Lipinski definition) is 5. The average Bonchev–Trinajstić information content (AvgIpc) is 2.26. The molecule has 1 heterocycles. The second kappa shape index (κ2) is 4.69. The Hall–Kier alpha value is -1.99. The van der Waals surface area contributed by atoms with Crippen LogP contribution in [0.15, 0.2) is 6.07 Å². The van der Waals surface area contributed by atoms with Crippen LogP contribution in [0.4, 0.5) is 14.5 Å². The fourth-order valence-electron chi connectivity index (χ4n) is 1.11. The topological polar surface area (TPSA) is 74.5 Å². The van der Waals surface area contributed by atoms with Crippen LogP contribution in [0.5, 0.6) is 11.6 Å². The van der Waals surface area contributed by atoms with E-state index in [1.807, 2.05) is 0 Å². The Kier molecular flexibility index (Phi) is 3.54. The molecule has 6 nitrogen and oxygen atoms in total. The van der Waals surface area contributed by atoms with Crippen LogP contribution in [0.25, 0.3) is 0 Å². The third-order valence-corrected chi connectivity index (χ3v) is 1.78. The number of nitro groups is 1. The smallest absolute Gasteiger partial charge is 0.338 e. The van der Waals surface area contributed by atoms with Gasteiger partial charge in [-0.15, -0.1) is 0 Å². The zero-order valence-electron chi connectivity index (χ0n) is 8.44. The lowest BCUT2D eigenvalue weighted by Gasteiger charge is -2.08. The molecule has 88 valence electrons. The number of aromatic nitrogens is 1. The lowest BCUT2D eigenvalue weighted by Crippen LogP contribution is -2.03. The molecule has 1 rings (SSSR count). The van der Waals surface area contributed by atoms with E-state index in [9.17, 15) is 18.9 Å². The largest absolute Gasteiger partial charge is 0.490 e. The second-order valence-electron chi connectivity index (χ2n) is 2.66. The van der Waals surface area contributed by atoms with E-state index in [-0.39, 0.29) is 11.6 Å². The molecular formula is C8H8F2N2O4. The van der Waals surface area contributed by atoms with Crippen LogP contribution >= 0.6 is 0 Å². The van der Waals surface area contributed by atoms with Crippen molar-refractivity contribution in [1.29, 1.82) is 0 Å². The molecule has 0 aliphatic rings. The summed E-state index contributed by atoms with van der Waals surface area (Å²) in [7, 11) is 2.35. The third kappa shape index (κ3) is 2.15. The van der Waals surface area contributed by atoms with E-state index < -0.39 is 22.7 Å². The summed E-state index contributed by atoms with van der Waals surface area (Å²) in [6.07, 6.45) is -3.08. The molecule has 0 unspecified atom stereocenters. The predicted octanol–water partition coefficient (Wildman–Crippen LogP) is 1.94. The Bertz CT molecular complexity index is 411. The van der Waals surface area contributed by atoms with Gasteiger partial charge in [0.2, 0.25) is 11.6 Å². The highest BCUT2D eigenvalue weighted by atomic mass is 19.3. The van der Waals surface area contributed by atoms with E-state index in [0.29, 0.717) is 0 Å². The summed E-state index contributed by atoms with van der Waals surface area (Å²) in [5.41, 5.74) is -1.82. The van der Waals surface area contributed by atoms with Crippen molar-refractivity contribution in [2.75, 3.05) is 14.2 Å². The van der Waals surface area contributed by atoms with Crippen molar-refractivity contribution in [1.82, 2.24) is 4.98 Å². The molecule has 1 aromatic heterocycles. The minimum atomic E-state index is -3.08. The maximum atomic E-state index is 12.5. The van der Waals surface area contributed by atoms with Gasteiger partial charge in [0.15, 0.2) is 5.69 Å². The fraction of sp³-hybridized carbons (Fsp3) is 0.375. The minimum absolute atomic E-state index is 0.169. The van der Waals surface area contributed by atoms with Gasteiger partial charge in [0.05, 0.1) is 19.1 Å². The van der Waals surface area contributed by atoms with Crippen molar-refractivity contribution in [3.63, 3.8) is 0 Å². The summed E-state index contributed by atoms with van der Waals surface area (Å²) >= 11 is 0. The first kappa shape index (κ1) is 12.1. The Morgan fingerprint density at radius 2 is 2.06 bits per heavy atom. The first-order valence-electron chi connectivity index (χ1n) is 4.06. The van der Waals surface area contributed by atoms with E-state index in [4.69, 9.17) is 0 Å². The number of nitrogens with zero attached hydrogens (tertiary/aromatic N) is 2. The Morgan fingerprint density at radius 1 is 1.44 bits per heavy atom. The molecule has 0 bridgehead atoms. The maximum absolute atomic E-state index is 12.5. The normalized spacial score (nSPS) is 10.3. The van der Waals surface area contributed by atoms with Gasteiger partial charge >= 0.3 is 5.69 Å². The van der Waals surface area contributed by atoms with Gasteiger partial charge in [-0.25, -0.2) is 13.8 Å². The number of rotatable bonds is 4. The first-order chi connectivity index (χ1) is 7.51. The average molecular weight is 234 g/mol. The molecule has 0 aliphatic carbocycles. The number of methoxy groups -OCH3 is 2. The van der Waals surface area contributed by atoms with Crippen LogP contribution in [0, 0.1) is 10.1 Å². The van der Waals surface area contributed by atoms with Crippen LogP contribution in [0.1, 0.15) is 12.1 Å². The highest BCUT2D eigenvalue weighted by molar-refractivity contribution is 5.52. The molecule has 0 aromatic carbocycles. The molecule has 0 amide bonds. The Balaban J connectivity index is 3.47. The summed E-state index contributed by atoms with van der Waals surface area (Å²) in [6.45, 7) is 0. The van der Waals surface area contributed by atoms with Crippen molar-refractivity contribution in [2.45, 2.75) is 6.43 Å². The molecule has 0 radical (unpaired) electrons. The number of halogens is 2. The van der Waals surface area contributed by atoms with Gasteiger partial charge in [0, 0.05) is 6.07 Å². The van der Waals surface area contributed by atoms with Crippen LogP contribution in [-0.2, 0) is 0 Å². The second-order valence-corrected chi connectivity index (χ2v) is 2.66. The van der Waals surface area contributed by atoms with E-state index in [2.05, 4.69) is 14.5 Å². The van der Waals surface area contributed by atoms with E-state index in [0.717, 1.165) is 13.2 Å². The summed E-state index contributed by atoms with van der Waals surface area (Å²) in [6, 6.07) is 1.07. The van der Waals surface area contributed by atoms with E-state index >= 15 is 0 Å². The van der Waals surface area contributed by atoms with Gasteiger partial charge in [-0.3, -0.25) is 10.1 Å². The summed E-state index contributed by atoms with van der Waals surface area (Å²) in [5.74, 6) is -0.482. The number of pyridine rings is 1. The van der Waals surface area contributed by atoms with Crippen molar-refractivity contribution in [3.05, 3.63) is 21.9 Å². The van der Waals surface area contributed by atoms with Crippen molar-refractivity contribution in [2.24, 2.45) is 0 Å². The summed E-state index contributed by atoms with van der Waals surface area (Å²) in [5, 5.41) is 10.6. The van der Waals surface area contributed by atoms with Gasteiger partial charge in [-0.2, -0.15) is 0 Å².